The first kappa shape index (κ1) is 15.1. The van der Waals surface area contributed by atoms with Crippen LogP contribution in [0.25, 0.3) is 0 Å². The number of carbonyl (C=O) groups excluding carboxylic acids is 1. The van der Waals surface area contributed by atoms with E-state index in [9.17, 15) is 14.0 Å². The maximum Gasteiger partial charge on any atom is 0.338 e. The van der Waals surface area contributed by atoms with Crippen LogP contribution in [0, 0.1) is 5.82 Å². The SMILES string of the molecule is CCn1cc(Cl)cc1C(=O)Nc1ccc(C(=O)O)c(F)c1. The minimum Gasteiger partial charge on any atom is -0.478 e. The number of nitrogens with one attached hydrogen (secondary N) is 1. The van der Waals surface area contributed by atoms with Gasteiger partial charge in [-0.25, -0.2) is 9.18 Å². The highest BCUT2D eigenvalue weighted by atomic mass is 35.5. The van der Waals surface area contributed by atoms with Crippen LogP contribution < -0.4 is 5.32 Å². The van der Waals surface area contributed by atoms with E-state index in [1.54, 1.807) is 10.8 Å². The Morgan fingerprint density at radius 2 is 2.10 bits per heavy atom. The number of rotatable bonds is 4. The highest BCUT2D eigenvalue weighted by Gasteiger charge is 2.15. The maximum absolute atomic E-state index is 13.5. The van der Waals surface area contributed by atoms with Gasteiger partial charge in [0, 0.05) is 18.4 Å². The summed E-state index contributed by atoms with van der Waals surface area (Å²) in [6, 6.07) is 4.88. The van der Waals surface area contributed by atoms with E-state index in [1.807, 2.05) is 6.92 Å². The third-order valence-corrected chi connectivity index (χ3v) is 3.10. The molecule has 1 aromatic carbocycles. The molecule has 1 amide bonds. The number of hydrogen-bond acceptors (Lipinski definition) is 2. The molecule has 2 N–H and O–H groups in total. The molecule has 110 valence electrons. The van der Waals surface area contributed by atoms with Crippen molar-refractivity contribution in [3.05, 3.63) is 52.6 Å². The molecule has 0 atom stereocenters. The monoisotopic (exact) mass is 310 g/mol. The van der Waals surface area contributed by atoms with Crippen molar-refractivity contribution in [3.63, 3.8) is 0 Å². The lowest BCUT2D eigenvalue weighted by Crippen LogP contribution is -2.16. The Morgan fingerprint density at radius 1 is 1.38 bits per heavy atom. The van der Waals surface area contributed by atoms with Crippen LogP contribution in [-0.2, 0) is 6.54 Å². The van der Waals surface area contributed by atoms with E-state index in [2.05, 4.69) is 5.32 Å². The number of nitrogens with zero attached hydrogens (tertiary/aromatic N) is 1. The topological polar surface area (TPSA) is 71.3 Å². The Bertz CT molecular complexity index is 712. The second-order valence-corrected chi connectivity index (χ2v) is 4.72. The van der Waals surface area contributed by atoms with Gasteiger partial charge in [0.2, 0.25) is 0 Å². The smallest absolute Gasteiger partial charge is 0.338 e. The molecular weight excluding hydrogens is 299 g/mol. The maximum atomic E-state index is 13.5. The Hall–Kier alpha value is -2.34. The van der Waals surface area contributed by atoms with Crippen LogP contribution in [-0.4, -0.2) is 21.6 Å². The van der Waals surface area contributed by atoms with Crippen LogP contribution in [0.4, 0.5) is 10.1 Å². The van der Waals surface area contributed by atoms with Gasteiger partial charge in [-0.1, -0.05) is 11.6 Å². The fraction of sp³-hybridized carbons (Fsp3) is 0.143. The van der Waals surface area contributed by atoms with Gasteiger partial charge in [-0.15, -0.1) is 0 Å². The first-order valence-electron chi connectivity index (χ1n) is 6.12. The molecule has 1 aromatic heterocycles. The summed E-state index contributed by atoms with van der Waals surface area (Å²) < 4.78 is 15.2. The van der Waals surface area contributed by atoms with E-state index in [1.165, 1.54) is 12.1 Å². The number of hydrogen-bond donors (Lipinski definition) is 2. The molecule has 0 fully saturated rings. The van der Waals surface area contributed by atoms with Gasteiger partial charge >= 0.3 is 5.97 Å². The molecule has 2 aromatic rings. The van der Waals surface area contributed by atoms with Gasteiger partial charge in [0.25, 0.3) is 5.91 Å². The third-order valence-electron chi connectivity index (χ3n) is 2.89. The quantitative estimate of drug-likeness (QED) is 0.910. The van der Waals surface area contributed by atoms with E-state index in [4.69, 9.17) is 16.7 Å². The number of aryl methyl sites for hydroxylation is 1. The summed E-state index contributed by atoms with van der Waals surface area (Å²) in [6.07, 6.45) is 1.62. The predicted molar refractivity (Wildman–Crippen MR) is 76.4 cm³/mol. The first-order chi connectivity index (χ1) is 9.92. The zero-order valence-electron chi connectivity index (χ0n) is 11.1. The van der Waals surface area contributed by atoms with Crippen molar-refractivity contribution < 1.29 is 19.1 Å². The summed E-state index contributed by atoms with van der Waals surface area (Å²) in [5, 5.41) is 11.7. The van der Waals surface area contributed by atoms with Crippen molar-refractivity contribution in [1.29, 1.82) is 0 Å². The van der Waals surface area contributed by atoms with E-state index in [-0.39, 0.29) is 5.69 Å². The molecule has 0 aliphatic rings. The Labute approximate surface area is 125 Å². The lowest BCUT2D eigenvalue weighted by molar-refractivity contribution is 0.0692. The molecule has 5 nitrogen and oxygen atoms in total. The molecule has 0 spiro atoms. The van der Waals surface area contributed by atoms with Gasteiger partial charge in [-0.05, 0) is 31.2 Å². The number of halogens is 2. The van der Waals surface area contributed by atoms with Crippen LogP contribution in [0.15, 0.2) is 30.5 Å². The number of amides is 1. The molecule has 7 heteroatoms. The lowest BCUT2D eigenvalue weighted by atomic mass is 10.2. The molecule has 0 bridgehead atoms. The van der Waals surface area contributed by atoms with Crippen molar-refractivity contribution >= 4 is 29.2 Å². The Balaban J connectivity index is 2.23. The first-order valence-corrected chi connectivity index (χ1v) is 6.50. The van der Waals surface area contributed by atoms with Crippen molar-refractivity contribution in [3.8, 4) is 0 Å². The number of benzene rings is 1. The van der Waals surface area contributed by atoms with Crippen molar-refractivity contribution in [1.82, 2.24) is 4.57 Å². The standard InChI is InChI=1S/C14H12ClFN2O3/c1-2-18-7-8(15)5-12(18)13(19)17-9-3-4-10(14(20)21)11(16)6-9/h3-7H,2H2,1H3,(H,17,19)(H,20,21). The van der Waals surface area contributed by atoms with E-state index >= 15 is 0 Å². The summed E-state index contributed by atoms with van der Waals surface area (Å²) in [4.78, 5) is 22.8. The Kier molecular flexibility index (Phi) is 4.28. The number of aromatic carboxylic acids is 1. The average molecular weight is 311 g/mol. The summed E-state index contributed by atoms with van der Waals surface area (Å²) in [5.74, 6) is -2.73. The number of carbonyl (C=O) groups is 2. The van der Waals surface area contributed by atoms with Crippen LogP contribution >= 0.6 is 11.6 Å². The number of carboxylic acids is 1. The molecule has 0 saturated carbocycles. The van der Waals surface area contributed by atoms with Crippen LogP contribution in [0.2, 0.25) is 5.02 Å². The van der Waals surface area contributed by atoms with Gasteiger partial charge in [-0.3, -0.25) is 4.79 Å². The van der Waals surface area contributed by atoms with Crippen LogP contribution in [0.1, 0.15) is 27.8 Å². The lowest BCUT2D eigenvalue weighted by Gasteiger charge is -2.08. The van der Waals surface area contributed by atoms with Gasteiger partial charge in [0.05, 0.1) is 10.6 Å². The van der Waals surface area contributed by atoms with Gasteiger partial charge in [0.15, 0.2) is 0 Å². The average Bonchev–Trinajstić information content (AvgIpc) is 2.79. The zero-order chi connectivity index (χ0) is 15.6. The molecule has 0 radical (unpaired) electrons. The molecule has 21 heavy (non-hydrogen) atoms. The molecule has 1 heterocycles. The van der Waals surface area contributed by atoms with Gasteiger partial charge < -0.3 is 15.0 Å². The minimum atomic E-state index is -1.36. The minimum absolute atomic E-state index is 0.169. The van der Waals surface area contributed by atoms with Crippen molar-refractivity contribution in [2.45, 2.75) is 13.5 Å². The number of carboxylic acid groups (broad SMARTS) is 1. The van der Waals surface area contributed by atoms with Crippen LogP contribution in [0.3, 0.4) is 0 Å². The molecule has 0 saturated heterocycles. The largest absolute Gasteiger partial charge is 0.478 e. The van der Waals surface area contributed by atoms with Gasteiger partial charge in [-0.2, -0.15) is 0 Å². The highest BCUT2D eigenvalue weighted by Crippen LogP contribution is 2.18. The fourth-order valence-corrected chi connectivity index (χ4v) is 2.11. The number of aromatic nitrogens is 1. The van der Waals surface area contributed by atoms with Crippen LogP contribution in [0.5, 0.6) is 0 Å². The van der Waals surface area contributed by atoms with E-state index in [0.717, 1.165) is 12.1 Å². The molecule has 2 rings (SSSR count). The number of anilines is 1. The Morgan fingerprint density at radius 3 is 2.67 bits per heavy atom. The zero-order valence-corrected chi connectivity index (χ0v) is 11.8. The highest BCUT2D eigenvalue weighted by molar-refractivity contribution is 6.31. The van der Waals surface area contributed by atoms with E-state index in [0.29, 0.717) is 17.3 Å². The molecule has 0 aliphatic carbocycles. The summed E-state index contributed by atoms with van der Waals surface area (Å²) in [6.45, 7) is 2.41. The second kappa shape index (κ2) is 5.97. The molecule has 0 aliphatic heterocycles. The van der Waals surface area contributed by atoms with Gasteiger partial charge in [0.1, 0.15) is 11.5 Å². The molecular formula is C14H12ClFN2O3. The fourth-order valence-electron chi connectivity index (χ4n) is 1.89. The second-order valence-electron chi connectivity index (χ2n) is 4.28. The molecule has 0 unspecified atom stereocenters. The summed E-state index contributed by atoms with van der Waals surface area (Å²) >= 11 is 5.85. The summed E-state index contributed by atoms with van der Waals surface area (Å²) in [7, 11) is 0. The van der Waals surface area contributed by atoms with Crippen molar-refractivity contribution in [2.24, 2.45) is 0 Å². The summed E-state index contributed by atoms with van der Waals surface area (Å²) in [5.41, 5.74) is 0.0562. The third kappa shape index (κ3) is 3.22. The van der Waals surface area contributed by atoms with E-state index < -0.39 is 23.3 Å². The van der Waals surface area contributed by atoms with Crippen molar-refractivity contribution in [2.75, 3.05) is 5.32 Å². The predicted octanol–water partition coefficient (Wildman–Crippen LogP) is 3.25. The normalized spacial score (nSPS) is 10.4.